The maximum atomic E-state index is 7.68. The van der Waals surface area contributed by atoms with Gasteiger partial charge in [0.15, 0.2) is 5.40 Å². The molecule has 1 N–H and O–H groups in total. The predicted octanol–water partition coefficient (Wildman–Crippen LogP) is 0.473. The number of diazo groups is 1. The number of rotatable bonds is 1. The zero-order valence-electron chi connectivity index (χ0n) is 2.75. The lowest BCUT2D eigenvalue weighted by molar-refractivity contribution is 1.27. The minimum absolute atomic E-state index is 0.647. The SMILES string of the molecule is N#CSN[N+]#N. The Hall–Kier alpha value is -0.940. The molecule has 0 unspecified atom stereocenters. The van der Waals surface area contributed by atoms with E-state index in [4.69, 9.17) is 10.7 Å². The van der Waals surface area contributed by atoms with Crippen LogP contribution in [0, 0.1) is 16.1 Å². The zero-order chi connectivity index (χ0) is 4.83. The molecule has 0 aromatic carbocycles. The van der Waals surface area contributed by atoms with Gasteiger partial charge in [0.05, 0.1) is 0 Å². The van der Waals surface area contributed by atoms with Crippen molar-refractivity contribution < 1.29 is 0 Å². The van der Waals surface area contributed by atoms with Crippen LogP contribution < -0.4 is 4.83 Å². The lowest BCUT2D eigenvalue weighted by Crippen LogP contribution is -1.79. The van der Waals surface area contributed by atoms with Gasteiger partial charge in [0.25, 0.3) is 5.39 Å². The Bertz CT molecular complexity index is 81.1. The molecule has 0 saturated heterocycles. The van der Waals surface area contributed by atoms with Crippen LogP contribution in [-0.4, -0.2) is 0 Å². The van der Waals surface area contributed by atoms with Gasteiger partial charge in [0.2, 0.25) is 0 Å². The first-order valence-electron chi connectivity index (χ1n) is 1.06. The number of hydrogen-bond donors (Lipinski definition) is 1. The summed E-state index contributed by atoms with van der Waals surface area (Å²) in [6.45, 7) is 0. The summed E-state index contributed by atoms with van der Waals surface area (Å²) in [5.41, 5.74) is 0. The maximum absolute atomic E-state index is 7.68. The Kier molecular flexibility index (Phi) is 3.42. The summed E-state index contributed by atoms with van der Waals surface area (Å²) in [6, 6.07) is 0. The third-order valence-corrected chi connectivity index (χ3v) is 0.396. The first-order valence-corrected chi connectivity index (χ1v) is 1.87. The quantitative estimate of drug-likeness (QED) is 0.171. The van der Waals surface area contributed by atoms with Crippen LogP contribution in [0.15, 0.2) is 0 Å². The topological polar surface area (TPSA) is 64.0 Å². The van der Waals surface area contributed by atoms with Crippen molar-refractivity contribution in [2.24, 2.45) is 0 Å². The highest BCUT2D eigenvalue weighted by Crippen LogP contribution is 1.82. The van der Waals surface area contributed by atoms with Gasteiger partial charge in [0.1, 0.15) is 11.9 Å². The molecular weight excluding hydrogens is 100 g/mol. The van der Waals surface area contributed by atoms with Gasteiger partial charge in [-0.1, -0.05) is 0 Å². The van der Waals surface area contributed by atoms with Crippen LogP contribution >= 0.6 is 11.9 Å². The van der Waals surface area contributed by atoms with Gasteiger partial charge in [-0.3, -0.25) is 0 Å². The monoisotopic (exact) mass is 101 g/mol. The van der Waals surface area contributed by atoms with E-state index in [1.807, 2.05) is 4.83 Å². The molecule has 0 aliphatic rings. The van der Waals surface area contributed by atoms with Crippen molar-refractivity contribution in [3.63, 3.8) is 0 Å². The van der Waals surface area contributed by atoms with Gasteiger partial charge >= 0.3 is 5.08 Å². The predicted molar refractivity (Wildman–Crippen MR) is 21.4 cm³/mol. The molecule has 0 aliphatic carbocycles. The standard InChI is InChI=1S/CHN4S/c2-1-6-5-4-3/h5H/q+1. The number of hydrogen-bond acceptors (Lipinski definition) is 4. The molecule has 0 fully saturated rings. The van der Waals surface area contributed by atoms with Gasteiger partial charge in [0, 0.05) is 4.83 Å². The summed E-state index contributed by atoms with van der Waals surface area (Å²) in [6.07, 6.45) is 0. The van der Waals surface area contributed by atoms with Crippen molar-refractivity contribution in [2.45, 2.75) is 0 Å². The molecule has 30 valence electrons. The summed E-state index contributed by atoms with van der Waals surface area (Å²) in [5.74, 6) is 0. The summed E-state index contributed by atoms with van der Waals surface area (Å²) in [7, 11) is 0. The summed E-state index contributed by atoms with van der Waals surface area (Å²) >= 11 is 0.647. The molecule has 0 atom stereocenters. The minimum Gasteiger partial charge on any atom is -0.183 e. The van der Waals surface area contributed by atoms with Crippen LogP contribution in [0.4, 0.5) is 0 Å². The molecule has 6 heavy (non-hydrogen) atoms. The smallest absolute Gasteiger partial charge is 0.183 e. The second kappa shape index (κ2) is 4.06. The largest absolute Gasteiger partial charge is 0.315 e. The van der Waals surface area contributed by atoms with E-state index < -0.39 is 0 Å². The molecular formula is CHN4S+. The van der Waals surface area contributed by atoms with Crippen LogP contribution in [0.1, 0.15) is 0 Å². The zero-order valence-corrected chi connectivity index (χ0v) is 3.57. The van der Waals surface area contributed by atoms with E-state index in [0.717, 1.165) is 0 Å². The molecule has 0 rings (SSSR count). The molecule has 4 nitrogen and oxygen atoms in total. The van der Waals surface area contributed by atoms with Crippen LogP contribution in [0.25, 0.3) is 5.08 Å². The highest BCUT2D eigenvalue weighted by atomic mass is 32.2. The maximum Gasteiger partial charge on any atom is 0.315 e. The molecule has 0 aromatic heterocycles. The molecule has 0 amide bonds. The number of nitrogens with zero attached hydrogens (tertiary/aromatic N) is 3. The van der Waals surface area contributed by atoms with Crippen molar-refractivity contribution in [3.8, 4) is 5.40 Å². The van der Waals surface area contributed by atoms with Crippen molar-refractivity contribution in [1.82, 2.24) is 4.83 Å². The molecule has 5 heteroatoms. The number of thiocyanates is 1. The van der Waals surface area contributed by atoms with E-state index in [0.29, 0.717) is 11.9 Å². The summed E-state index contributed by atoms with van der Waals surface area (Å²) in [5, 5.41) is 19.3. The van der Waals surface area contributed by atoms with Crippen molar-refractivity contribution in [2.75, 3.05) is 0 Å². The fraction of sp³-hybridized carbons (Fsp3) is 0. The van der Waals surface area contributed by atoms with E-state index in [9.17, 15) is 0 Å². The highest BCUT2D eigenvalue weighted by Gasteiger charge is 1.82. The molecule has 0 aromatic rings. The molecule has 0 spiro atoms. The highest BCUT2D eigenvalue weighted by molar-refractivity contribution is 8.01. The Morgan fingerprint density at radius 1 is 1.83 bits per heavy atom. The molecule has 0 radical (unpaired) electrons. The molecule has 0 aliphatic heterocycles. The Balaban J connectivity index is 2.78. The second-order valence-corrected chi connectivity index (χ2v) is 0.954. The molecule has 0 saturated carbocycles. The van der Waals surface area contributed by atoms with E-state index >= 15 is 0 Å². The fourth-order valence-electron chi connectivity index (χ4n) is 0.0408. The number of nitriles is 1. The molecule has 0 bridgehead atoms. The lowest BCUT2D eigenvalue weighted by atomic mass is 11.8. The van der Waals surface area contributed by atoms with Crippen LogP contribution in [0.5, 0.6) is 0 Å². The number of nitrogens with one attached hydrogen (secondary N) is 1. The van der Waals surface area contributed by atoms with Gasteiger partial charge in [-0.2, -0.15) is 5.26 Å². The van der Waals surface area contributed by atoms with E-state index in [-0.39, 0.29) is 0 Å². The first kappa shape index (κ1) is 5.06. The first-order chi connectivity index (χ1) is 2.91. The fourth-order valence-corrected chi connectivity index (χ4v) is 0.122. The van der Waals surface area contributed by atoms with E-state index in [2.05, 4.69) is 5.08 Å². The van der Waals surface area contributed by atoms with Crippen LogP contribution in [0.3, 0.4) is 0 Å². The van der Waals surface area contributed by atoms with Gasteiger partial charge in [-0.05, 0) is 0 Å². The summed E-state index contributed by atoms with van der Waals surface area (Å²) in [4.78, 5) is 1.93. The van der Waals surface area contributed by atoms with E-state index in [1.165, 1.54) is 0 Å². The van der Waals surface area contributed by atoms with Crippen molar-refractivity contribution in [1.29, 1.82) is 10.7 Å². The van der Waals surface area contributed by atoms with Gasteiger partial charge in [-0.15, -0.1) is 0 Å². The third-order valence-electron chi connectivity index (χ3n) is 0.132. The Morgan fingerprint density at radius 3 is 2.67 bits per heavy atom. The minimum atomic E-state index is 0.647. The second-order valence-electron chi connectivity index (χ2n) is 0.385. The molecule has 0 heterocycles. The Morgan fingerprint density at radius 2 is 2.50 bits per heavy atom. The normalized spacial score (nSPS) is 5.00. The average Bonchev–Trinajstić information content (AvgIpc) is 1.61. The van der Waals surface area contributed by atoms with Gasteiger partial charge in [-0.25, -0.2) is 0 Å². The third kappa shape index (κ3) is 3.06. The van der Waals surface area contributed by atoms with Crippen LogP contribution in [-0.2, 0) is 0 Å². The van der Waals surface area contributed by atoms with Crippen LogP contribution in [0.2, 0.25) is 0 Å². The van der Waals surface area contributed by atoms with Crippen molar-refractivity contribution in [3.05, 3.63) is 5.08 Å². The van der Waals surface area contributed by atoms with Crippen molar-refractivity contribution >= 4 is 11.9 Å². The summed E-state index contributed by atoms with van der Waals surface area (Å²) < 4.78 is 0. The average molecular weight is 101 g/mol. The van der Waals surface area contributed by atoms with Gasteiger partial charge < -0.3 is 0 Å². The Labute approximate surface area is 38.9 Å². The lowest BCUT2D eigenvalue weighted by Gasteiger charge is -1.55. The van der Waals surface area contributed by atoms with E-state index in [1.54, 1.807) is 5.40 Å².